The van der Waals surface area contributed by atoms with E-state index < -0.39 is 0 Å². The number of anilines is 1. The van der Waals surface area contributed by atoms with E-state index in [1.54, 1.807) is 6.20 Å². The molecule has 0 atom stereocenters. The minimum absolute atomic E-state index is 0.194. The van der Waals surface area contributed by atoms with Gasteiger partial charge in [0, 0.05) is 25.1 Å². The van der Waals surface area contributed by atoms with E-state index in [9.17, 15) is 0 Å². The van der Waals surface area contributed by atoms with E-state index in [0.717, 1.165) is 11.6 Å². The molecule has 1 N–H and O–H groups in total. The lowest BCUT2D eigenvalue weighted by atomic mass is 9.87. The Hall–Kier alpha value is -1.77. The van der Waals surface area contributed by atoms with Gasteiger partial charge in [-0.2, -0.15) is 0 Å². The zero-order valence-corrected chi connectivity index (χ0v) is 10.9. The summed E-state index contributed by atoms with van der Waals surface area (Å²) in [6.45, 7) is 6.66. The standard InChI is InChI=1S/C14H19N3/c1-14(2,3)11-5-7-12(8-6-11)17-10-9-16-13(17)15-4/h5-10H,1-4H3,(H,15,16). The molecular formula is C14H19N3. The Bertz CT molecular complexity index is 489. The van der Waals surface area contributed by atoms with Gasteiger partial charge in [0.05, 0.1) is 0 Å². The van der Waals surface area contributed by atoms with Gasteiger partial charge in [0.1, 0.15) is 0 Å². The number of hydrogen-bond donors (Lipinski definition) is 1. The van der Waals surface area contributed by atoms with Gasteiger partial charge in [-0.15, -0.1) is 0 Å². The van der Waals surface area contributed by atoms with Crippen LogP contribution in [0.25, 0.3) is 5.69 Å². The molecule has 0 radical (unpaired) electrons. The third kappa shape index (κ3) is 2.33. The molecule has 3 heteroatoms. The summed E-state index contributed by atoms with van der Waals surface area (Å²) >= 11 is 0. The summed E-state index contributed by atoms with van der Waals surface area (Å²) in [5.74, 6) is 0.855. The van der Waals surface area contributed by atoms with Gasteiger partial charge in [-0.3, -0.25) is 4.57 Å². The molecule has 2 rings (SSSR count). The van der Waals surface area contributed by atoms with E-state index in [-0.39, 0.29) is 5.41 Å². The molecule has 0 aliphatic heterocycles. The number of benzene rings is 1. The normalized spacial score (nSPS) is 11.5. The maximum absolute atomic E-state index is 4.23. The lowest BCUT2D eigenvalue weighted by molar-refractivity contribution is 0.590. The number of nitrogens with one attached hydrogen (secondary N) is 1. The van der Waals surface area contributed by atoms with E-state index in [1.807, 2.05) is 17.8 Å². The van der Waals surface area contributed by atoms with Crippen molar-refractivity contribution in [2.45, 2.75) is 26.2 Å². The molecule has 0 saturated heterocycles. The predicted octanol–water partition coefficient (Wildman–Crippen LogP) is 3.21. The van der Waals surface area contributed by atoms with Crippen molar-refractivity contribution in [1.82, 2.24) is 9.55 Å². The van der Waals surface area contributed by atoms with Crippen LogP contribution in [0.2, 0.25) is 0 Å². The molecule has 0 aliphatic rings. The van der Waals surface area contributed by atoms with Crippen LogP contribution >= 0.6 is 0 Å². The summed E-state index contributed by atoms with van der Waals surface area (Å²) in [6.07, 6.45) is 3.75. The first kappa shape index (κ1) is 11.7. The van der Waals surface area contributed by atoms with Gasteiger partial charge < -0.3 is 5.32 Å². The topological polar surface area (TPSA) is 29.9 Å². The SMILES string of the molecule is CNc1nccn1-c1ccc(C(C)(C)C)cc1. The lowest BCUT2D eigenvalue weighted by Gasteiger charge is -2.19. The molecule has 0 fully saturated rings. The van der Waals surface area contributed by atoms with Crippen LogP contribution in [-0.2, 0) is 5.41 Å². The van der Waals surface area contributed by atoms with E-state index in [1.165, 1.54) is 5.56 Å². The van der Waals surface area contributed by atoms with Crippen molar-refractivity contribution in [3.63, 3.8) is 0 Å². The average molecular weight is 229 g/mol. The van der Waals surface area contributed by atoms with Crippen molar-refractivity contribution in [2.75, 3.05) is 12.4 Å². The van der Waals surface area contributed by atoms with Crippen LogP contribution in [0.5, 0.6) is 0 Å². The molecule has 17 heavy (non-hydrogen) atoms. The smallest absolute Gasteiger partial charge is 0.207 e. The lowest BCUT2D eigenvalue weighted by Crippen LogP contribution is -2.11. The number of imidazole rings is 1. The van der Waals surface area contributed by atoms with Gasteiger partial charge >= 0.3 is 0 Å². The molecule has 0 bridgehead atoms. The van der Waals surface area contributed by atoms with Crippen LogP contribution in [0.1, 0.15) is 26.3 Å². The van der Waals surface area contributed by atoms with Gasteiger partial charge in [0.2, 0.25) is 5.95 Å². The second kappa shape index (κ2) is 4.24. The minimum Gasteiger partial charge on any atom is -0.358 e. The van der Waals surface area contributed by atoms with Crippen LogP contribution in [-0.4, -0.2) is 16.6 Å². The van der Waals surface area contributed by atoms with Crippen molar-refractivity contribution in [2.24, 2.45) is 0 Å². The number of aromatic nitrogens is 2. The zero-order valence-electron chi connectivity index (χ0n) is 10.9. The van der Waals surface area contributed by atoms with Crippen molar-refractivity contribution >= 4 is 5.95 Å². The van der Waals surface area contributed by atoms with Crippen molar-refractivity contribution in [3.05, 3.63) is 42.2 Å². The number of rotatable bonds is 2. The Kier molecular flexibility index (Phi) is 2.92. The van der Waals surface area contributed by atoms with Crippen LogP contribution < -0.4 is 5.32 Å². The Balaban J connectivity index is 2.36. The van der Waals surface area contributed by atoms with E-state index in [2.05, 4.69) is 55.3 Å². The van der Waals surface area contributed by atoms with Crippen molar-refractivity contribution < 1.29 is 0 Å². The fourth-order valence-electron chi connectivity index (χ4n) is 1.82. The molecular weight excluding hydrogens is 210 g/mol. The highest BCUT2D eigenvalue weighted by Crippen LogP contribution is 2.23. The molecule has 0 saturated carbocycles. The summed E-state index contributed by atoms with van der Waals surface area (Å²) < 4.78 is 2.03. The highest BCUT2D eigenvalue weighted by Gasteiger charge is 2.13. The summed E-state index contributed by atoms with van der Waals surface area (Å²) in [5, 5.41) is 3.07. The predicted molar refractivity (Wildman–Crippen MR) is 71.8 cm³/mol. The fourth-order valence-corrected chi connectivity index (χ4v) is 1.82. The summed E-state index contributed by atoms with van der Waals surface area (Å²) in [5.41, 5.74) is 2.66. The quantitative estimate of drug-likeness (QED) is 0.857. The van der Waals surface area contributed by atoms with Crippen LogP contribution in [0.4, 0.5) is 5.95 Å². The van der Waals surface area contributed by atoms with Gasteiger partial charge in [0.15, 0.2) is 0 Å². The highest BCUT2D eigenvalue weighted by atomic mass is 15.2. The van der Waals surface area contributed by atoms with Gasteiger partial charge in [-0.1, -0.05) is 32.9 Å². The molecule has 1 aromatic carbocycles. The first-order valence-electron chi connectivity index (χ1n) is 5.84. The van der Waals surface area contributed by atoms with E-state index in [0.29, 0.717) is 0 Å². The molecule has 3 nitrogen and oxygen atoms in total. The van der Waals surface area contributed by atoms with Crippen LogP contribution in [0.15, 0.2) is 36.7 Å². The molecule has 1 heterocycles. The highest BCUT2D eigenvalue weighted by molar-refractivity contribution is 5.43. The van der Waals surface area contributed by atoms with Gasteiger partial charge in [-0.05, 0) is 23.1 Å². The first-order chi connectivity index (χ1) is 8.02. The fraction of sp³-hybridized carbons (Fsp3) is 0.357. The third-order valence-corrected chi connectivity index (χ3v) is 2.88. The third-order valence-electron chi connectivity index (χ3n) is 2.88. The van der Waals surface area contributed by atoms with Crippen molar-refractivity contribution in [1.29, 1.82) is 0 Å². The zero-order chi connectivity index (χ0) is 12.5. The minimum atomic E-state index is 0.194. The Morgan fingerprint density at radius 3 is 2.29 bits per heavy atom. The largest absolute Gasteiger partial charge is 0.358 e. The molecule has 0 amide bonds. The maximum atomic E-state index is 4.23. The average Bonchev–Trinajstić information content (AvgIpc) is 2.76. The van der Waals surface area contributed by atoms with Crippen molar-refractivity contribution in [3.8, 4) is 5.69 Å². The molecule has 90 valence electrons. The number of nitrogens with zero attached hydrogens (tertiary/aromatic N) is 2. The van der Waals surface area contributed by atoms with Crippen LogP contribution in [0, 0.1) is 0 Å². The second-order valence-electron chi connectivity index (χ2n) is 5.17. The molecule has 2 aromatic rings. The summed E-state index contributed by atoms with van der Waals surface area (Å²) in [4.78, 5) is 4.23. The monoisotopic (exact) mass is 229 g/mol. The second-order valence-corrected chi connectivity index (χ2v) is 5.17. The van der Waals surface area contributed by atoms with Crippen LogP contribution in [0.3, 0.4) is 0 Å². The van der Waals surface area contributed by atoms with Gasteiger partial charge in [-0.25, -0.2) is 4.98 Å². The Morgan fingerprint density at radius 1 is 1.12 bits per heavy atom. The Morgan fingerprint density at radius 2 is 1.76 bits per heavy atom. The van der Waals surface area contributed by atoms with E-state index in [4.69, 9.17) is 0 Å². The molecule has 1 aromatic heterocycles. The first-order valence-corrected chi connectivity index (χ1v) is 5.84. The maximum Gasteiger partial charge on any atom is 0.207 e. The molecule has 0 aliphatic carbocycles. The molecule has 0 spiro atoms. The number of hydrogen-bond acceptors (Lipinski definition) is 2. The summed E-state index contributed by atoms with van der Waals surface area (Å²) in [7, 11) is 1.88. The van der Waals surface area contributed by atoms with E-state index >= 15 is 0 Å². The summed E-state index contributed by atoms with van der Waals surface area (Å²) in [6, 6.07) is 8.61. The molecule has 0 unspecified atom stereocenters. The van der Waals surface area contributed by atoms with Gasteiger partial charge in [0.25, 0.3) is 0 Å². The Labute approximate surface area is 103 Å².